The van der Waals surface area contributed by atoms with Gasteiger partial charge in [0.25, 0.3) is 0 Å². The molecule has 0 amide bonds. The number of carbonyl (C=O) groups excluding carboxylic acids is 2. The van der Waals surface area contributed by atoms with Crippen molar-refractivity contribution in [2.45, 2.75) is 0 Å². The van der Waals surface area contributed by atoms with Crippen LogP contribution in [0.15, 0.2) is 18.2 Å². The molecule has 0 spiro atoms. The first-order chi connectivity index (χ1) is 8.10. The number of aldehydes is 1. The number of carbonyl (C=O) groups is 2. The van der Waals surface area contributed by atoms with Crippen LogP contribution in [0.2, 0.25) is 0 Å². The second-order valence-electron chi connectivity index (χ2n) is 3.63. The molecule has 17 heavy (non-hydrogen) atoms. The van der Waals surface area contributed by atoms with Crippen molar-refractivity contribution < 1.29 is 19.4 Å². The molecular weight excluding hydrogens is 222 g/mol. The molecule has 0 saturated heterocycles. The normalized spacial score (nSPS) is 10.5. The lowest BCUT2D eigenvalue weighted by atomic mass is 10.1. The molecule has 0 atom stereocenters. The summed E-state index contributed by atoms with van der Waals surface area (Å²) in [6, 6.07) is 4.43. The molecule has 1 aromatic carbocycles. The van der Waals surface area contributed by atoms with Crippen LogP contribution in [0, 0.1) is 0 Å². The van der Waals surface area contributed by atoms with Crippen LogP contribution in [-0.2, 0) is 11.8 Å². The maximum Gasteiger partial charge on any atom is 0.354 e. The van der Waals surface area contributed by atoms with E-state index in [1.54, 1.807) is 7.05 Å². The van der Waals surface area contributed by atoms with E-state index in [-0.39, 0.29) is 11.4 Å². The Bertz CT molecular complexity index is 612. The Balaban J connectivity index is 2.85. The fraction of sp³-hybridized carbons (Fsp3) is 0.167. The number of phenolic OH excluding ortho intramolecular Hbond substituents is 1. The first-order valence-corrected chi connectivity index (χ1v) is 4.95. The summed E-state index contributed by atoms with van der Waals surface area (Å²) in [6.07, 6.45) is 0.683. The van der Waals surface area contributed by atoms with Gasteiger partial charge in [-0.25, -0.2) is 4.79 Å². The zero-order chi connectivity index (χ0) is 12.6. The fourth-order valence-electron chi connectivity index (χ4n) is 1.88. The number of rotatable bonds is 2. The van der Waals surface area contributed by atoms with E-state index >= 15 is 0 Å². The first-order valence-electron chi connectivity index (χ1n) is 4.95. The summed E-state index contributed by atoms with van der Waals surface area (Å²) in [5, 5.41) is 10.2. The lowest BCUT2D eigenvalue weighted by Gasteiger charge is -2.03. The van der Waals surface area contributed by atoms with Crippen LogP contribution in [0.5, 0.6) is 5.75 Å². The topological polar surface area (TPSA) is 68.5 Å². The third kappa shape index (κ3) is 1.56. The molecule has 2 rings (SSSR count). The highest BCUT2D eigenvalue weighted by atomic mass is 16.5. The zero-order valence-corrected chi connectivity index (χ0v) is 9.43. The van der Waals surface area contributed by atoms with Gasteiger partial charge in [-0.05, 0) is 18.2 Å². The average Bonchev–Trinajstić information content (AvgIpc) is 2.69. The van der Waals surface area contributed by atoms with E-state index < -0.39 is 5.97 Å². The van der Waals surface area contributed by atoms with Crippen molar-refractivity contribution in [1.29, 1.82) is 0 Å². The van der Waals surface area contributed by atoms with Gasteiger partial charge in [0.15, 0.2) is 6.29 Å². The average molecular weight is 233 g/mol. The Labute approximate surface area is 97.2 Å². The van der Waals surface area contributed by atoms with Crippen molar-refractivity contribution in [3.8, 4) is 5.75 Å². The lowest BCUT2D eigenvalue weighted by Crippen LogP contribution is -2.07. The van der Waals surface area contributed by atoms with Gasteiger partial charge in [0.2, 0.25) is 0 Å². The Kier molecular flexibility index (Phi) is 2.59. The predicted molar refractivity (Wildman–Crippen MR) is 61.3 cm³/mol. The maximum atomic E-state index is 11.5. The molecule has 0 bridgehead atoms. The Morgan fingerprint density at radius 3 is 2.76 bits per heavy atom. The van der Waals surface area contributed by atoms with Crippen molar-refractivity contribution in [1.82, 2.24) is 4.57 Å². The van der Waals surface area contributed by atoms with Gasteiger partial charge in [0.1, 0.15) is 11.4 Å². The number of hydrogen-bond donors (Lipinski definition) is 1. The molecule has 0 unspecified atom stereocenters. The summed E-state index contributed by atoms with van der Waals surface area (Å²) in [6.45, 7) is 0. The highest BCUT2D eigenvalue weighted by Gasteiger charge is 2.17. The van der Waals surface area contributed by atoms with Gasteiger partial charge >= 0.3 is 5.97 Å². The smallest absolute Gasteiger partial charge is 0.354 e. The van der Waals surface area contributed by atoms with E-state index in [2.05, 4.69) is 4.74 Å². The molecular formula is C12H11NO4. The minimum atomic E-state index is -0.514. The fourth-order valence-corrected chi connectivity index (χ4v) is 1.88. The van der Waals surface area contributed by atoms with Gasteiger partial charge in [-0.3, -0.25) is 4.79 Å². The van der Waals surface area contributed by atoms with Crippen molar-refractivity contribution in [3.05, 3.63) is 29.5 Å². The summed E-state index contributed by atoms with van der Waals surface area (Å²) in [7, 11) is 2.92. The second kappa shape index (κ2) is 3.93. The monoisotopic (exact) mass is 233 g/mol. The number of esters is 1. The zero-order valence-electron chi connectivity index (χ0n) is 9.43. The summed E-state index contributed by atoms with van der Waals surface area (Å²) in [5.41, 5.74) is 1.21. The molecule has 88 valence electrons. The number of aromatic hydroxyl groups is 1. The van der Waals surface area contributed by atoms with Crippen LogP contribution in [0.1, 0.15) is 20.8 Å². The number of aromatic nitrogens is 1. The van der Waals surface area contributed by atoms with Crippen molar-refractivity contribution >= 4 is 23.2 Å². The first kappa shape index (κ1) is 11.2. The molecule has 0 fully saturated rings. The number of aryl methyl sites for hydroxylation is 1. The molecule has 2 aromatic rings. The van der Waals surface area contributed by atoms with Gasteiger partial charge in [-0.2, -0.15) is 0 Å². The Hall–Kier alpha value is -2.30. The van der Waals surface area contributed by atoms with E-state index in [0.717, 1.165) is 0 Å². The third-order valence-electron chi connectivity index (χ3n) is 2.72. The quantitative estimate of drug-likeness (QED) is 0.630. The van der Waals surface area contributed by atoms with Gasteiger partial charge in [-0.15, -0.1) is 0 Å². The van der Waals surface area contributed by atoms with Crippen LogP contribution < -0.4 is 0 Å². The van der Waals surface area contributed by atoms with E-state index in [4.69, 9.17) is 0 Å². The number of phenols is 1. The number of nitrogens with zero attached hydrogens (tertiary/aromatic N) is 1. The van der Waals surface area contributed by atoms with Crippen molar-refractivity contribution in [2.24, 2.45) is 7.05 Å². The van der Waals surface area contributed by atoms with Crippen LogP contribution in [0.4, 0.5) is 0 Å². The summed E-state index contributed by atoms with van der Waals surface area (Å²) < 4.78 is 6.16. The Morgan fingerprint density at radius 2 is 2.18 bits per heavy atom. The number of ether oxygens (including phenoxy) is 1. The van der Waals surface area contributed by atoms with Gasteiger partial charge in [0.05, 0.1) is 12.6 Å². The van der Waals surface area contributed by atoms with Gasteiger partial charge in [0, 0.05) is 18.0 Å². The van der Waals surface area contributed by atoms with Gasteiger partial charge < -0.3 is 14.4 Å². The minimum absolute atomic E-state index is 0.0244. The second-order valence-corrected chi connectivity index (χ2v) is 3.63. The number of fused-ring (bicyclic) bond motifs is 1. The molecule has 0 radical (unpaired) electrons. The molecule has 1 aromatic heterocycles. The van der Waals surface area contributed by atoms with Crippen LogP contribution >= 0.6 is 0 Å². The van der Waals surface area contributed by atoms with Crippen LogP contribution in [-0.4, -0.2) is 29.0 Å². The SMILES string of the molecule is COC(=O)c1cc2c(O)ccc(C=O)c2n1C. The number of hydrogen-bond acceptors (Lipinski definition) is 4. The van der Waals surface area contributed by atoms with E-state index in [1.807, 2.05) is 0 Å². The summed E-state index contributed by atoms with van der Waals surface area (Å²) in [4.78, 5) is 22.4. The molecule has 1 N–H and O–H groups in total. The molecule has 1 heterocycles. The third-order valence-corrected chi connectivity index (χ3v) is 2.72. The minimum Gasteiger partial charge on any atom is -0.507 e. The summed E-state index contributed by atoms with van der Waals surface area (Å²) >= 11 is 0. The van der Waals surface area contributed by atoms with E-state index in [9.17, 15) is 14.7 Å². The maximum absolute atomic E-state index is 11.5. The van der Waals surface area contributed by atoms with E-state index in [0.29, 0.717) is 22.8 Å². The van der Waals surface area contributed by atoms with Crippen LogP contribution in [0.3, 0.4) is 0 Å². The van der Waals surface area contributed by atoms with E-state index in [1.165, 1.54) is 29.9 Å². The predicted octanol–water partition coefficient (Wildman–Crippen LogP) is 1.48. The molecule has 0 aliphatic rings. The highest BCUT2D eigenvalue weighted by molar-refractivity contribution is 6.04. The molecule has 5 nitrogen and oxygen atoms in total. The largest absolute Gasteiger partial charge is 0.507 e. The van der Waals surface area contributed by atoms with Crippen molar-refractivity contribution in [2.75, 3.05) is 7.11 Å². The summed E-state index contributed by atoms with van der Waals surface area (Å²) in [5.74, 6) is -0.490. The standard InChI is InChI=1S/C12H11NO4/c1-13-9(12(16)17-2)5-8-10(15)4-3-7(6-14)11(8)13/h3-6,15H,1-2H3. The Morgan fingerprint density at radius 1 is 1.47 bits per heavy atom. The lowest BCUT2D eigenvalue weighted by molar-refractivity contribution is 0.0590. The molecule has 5 heteroatoms. The molecule has 0 aliphatic carbocycles. The molecule has 0 saturated carbocycles. The molecule has 0 aliphatic heterocycles. The number of benzene rings is 1. The highest BCUT2D eigenvalue weighted by Crippen LogP contribution is 2.29. The van der Waals surface area contributed by atoms with Crippen molar-refractivity contribution in [3.63, 3.8) is 0 Å². The van der Waals surface area contributed by atoms with Crippen LogP contribution in [0.25, 0.3) is 10.9 Å². The van der Waals surface area contributed by atoms with Gasteiger partial charge in [-0.1, -0.05) is 0 Å². The number of methoxy groups -OCH3 is 1.